The van der Waals surface area contributed by atoms with Crippen molar-refractivity contribution >= 4 is 17.4 Å². The Hall–Kier alpha value is -2.11. The van der Waals surface area contributed by atoms with Gasteiger partial charge in [-0.25, -0.2) is 4.79 Å². The molecule has 0 aliphatic heterocycles. The number of benzene rings is 1. The zero-order valence-corrected chi connectivity index (χ0v) is 8.47. The van der Waals surface area contributed by atoms with E-state index in [1.54, 1.807) is 12.1 Å². The van der Waals surface area contributed by atoms with Crippen LogP contribution in [0.2, 0.25) is 0 Å². The summed E-state index contributed by atoms with van der Waals surface area (Å²) in [5, 5.41) is 15.8. The quantitative estimate of drug-likeness (QED) is 0.603. The summed E-state index contributed by atoms with van der Waals surface area (Å²) in [5.41, 5.74) is 0.110. The fraction of sp³-hybridized carbons (Fsp3) is 0.300. The smallest absolute Gasteiger partial charge is 0.319 e. The van der Waals surface area contributed by atoms with Gasteiger partial charge in [0.15, 0.2) is 0 Å². The van der Waals surface area contributed by atoms with E-state index < -0.39 is 11.0 Å². The molecule has 0 bridgehead atoms. The highest BCUT2D eigenvalue weighted by Crippen LogP contribution is 2.24. The number of amides is 2. The van der Waals surface area contributed by atoms with Crippen LogP contribution in [-0.2, 0) is 0 Å². The molecular formula is C10H11N3O3. The average molecular weight is 221 g/mol. The molecule has 2 N–H and O–H groups in total. The number of nitro benzene ring substituents is 1. The van der Waals surface area contributed by atoms with E-state index in [0.717, 1.165) is 12.8 Å². The number of nitro groups is 1. The highest BCUT2D eigenvalue weighted by Gasteiger charge is 2.24. The summed E-state index contributed by atoms with van der Waals surface area (Å²) < 4.78 is 0. The Morgan fingerprint density at radius 2 is 2.06 bits per heavy atom. The molecule has 0 saturated heterocycles. The molecule has 1 aliphatic rings. The second-order valence-corrected chi connectivity index (χ2v) is 3.65. The topological polar surface area (TPSA) is 84.3 Å². The Morgan fingerprint density at radius 3 is 2.69 bits per heavy atom. The van der Waals surface area contributed by atoms with Crippen LogP contribution < -0.4 is 10.6 Å². The van der Waals surface area contributed by atoms with Gasteiger partial charge in [-0.05, 0) is 18.9 Å². The van der Waals surface area contributed by atoms with Crippen LogP contribution in [0.3, 0.4) is 0 Å². The fourth-order valence-electron chi connectivity index (χ4n) is 1.31. The molecule has 84 valence electrons. The van der Waals surface area contributed by atoms with Gasteiger partial charge in [0.2, 0.25) is 0 Å². The van der Waals surface area contributed by atoms with Gasteiger partial charge in [-0.1, -0.05) is 12.1 Å². The van der Waals surface area contributed by atoms with Gasteiger partial charge in [-0.2, -0.15) is 0 Å². The van der Waals surface area contributed by atoms with E-state index in [0.29, 0.717) is 0 Å². The SMILES string of the molecule is O=C(Nc1ccccc1[N+](=O)[O-])NC1CC1. The van der Waals surface area contributed by atoms with E-state index in [1.807, 2.05) is 0 Å². The van der Waals surface area contributed by atoms with Gasteiger partial charge in [0, 0.05) is 12.1 Å². The third kappa shape index (κ3) is 2.47. The Morgan fingerprint density at radius 1 is 1.38 bits per heavy atom. The van der Waals surface area contributed by atoms with Crippen molar-refractivity contribution in [1.29, 1.82) is 0 Å². The molecule has 0 radical (unpaired) electrons. The number of nitrogens with one attached hydrogen (secondary N) is 2. The van der Waals surface area contributed by atoms with Crippen molar-refractivity contribution in [2.75, 3.05) is 5.32 Å². The number of carbonyl (C=O) groups is 1. The molecule has 0 atom stereocenters. The zero-order valence-electron chi connectivity index (χ0n) is 8.47. The lowest BCUT2D eigenvalue weighted by Gasteiger charge is -2.06. The standard InChI is InChI=1S/C10H11N3O3/c14-10(11-7-5-6-7)12-8-3-1-2-4-9(8)13(15)16/h1-4,7H,5-6H2,(H2,11,12,14). The number of carbonyl (C=O) groups excluding carboxylic acids is 1. The third-order valence-electron chi connectivity index (χ3n) is 2.26. The van der Waals surface area contributed by atoms with Crippen molar-refractivity contribution in [2.24, 2.45) is 0 Å². The first kappa shape index (κ1) is 10.4. The van der Waals surface area contributed by atoms with Crippen LogP contribution in [0.15, 0.2) is 24.3 Å². The van der Waals surface area contributed by atoms with Crippen LogP contribution in [0.25, 0.3) is 0 Å². The van der Waals surface area contributed by atoms with Crippen molar-refractivity contribution < 1.29 is 9.72 Å². The summed E-state index contributed by atoms with van der Waals surface area (Å²) in [7, 11) is 0. The fourth-order valence-corrected chi connectivity index (χ4v) is 1.31. The predicted octanol–water partition coefficient (Wildman–Crippen LogP) is 1.88. The Balaban J connectivity index is 2.07. The maximum Gasteiger partial charge on any atom is 0.319 e. The van der Waals surface area contributed by atoms with E-state index in [4.69, 9.17) is 0 Å². The molecule has 6 heteroatoms. The van der Waals surface area contributed by atoms with Gasteiger partial charge >= 0.3 is 6.03 Å². The van der Waals surface area contributed by atoms with Gasteiger partial charge in [-0.15, -0.1) is 0 Å². The van der Waals surface area contributed by atoms with Crippen molar-refractivity contribution in [1.82, 2.24) is 5.32 Å². The summed E-state index contributed by atoms with van der Waals surface area (Å²) in [5.74, 6) is 0. The van der Waals surface area contributed by atoms with Gasteiger partial charge in [-0.3, -0.25) is 10.1 Å². The first-order chi connectivity index (χ1) is 7.66. The summed E-state index contributed by atoms with van der Waals surface area (Å²) in [6, 6.07) is 5.89. The summed E-state index contributed by atoms with van der Waals surface area (Å²) in [6.07, 6.45) is 1.95. The minimum Gasteiger partial charge on any atom is -0.335 e. The predicted molar refractivity (Wildman–Crippen MR) is 58.3 cm³/mol. The molecule has 6 nitrogen and oxygen atoms in total. The lowest BCUT2D eigenvalue weighted by Crippen LogP contribution is -2.30. The number of para-hydroxylation sites is 2. The maximum atomic E-state index is 11.4. The largest absolute Gasteiger partial charge is 0.335 e. The summed E-state index contributed by atoms with van der Waals surface area (Å²) in [4.78, 5) is 21.5. The number of anilines is 1. The number of rotatable bonds is 3. The second-order valence-electron chi connectivity index (χ2n) is 3.65. The van der Waals surface area contributed by atoms with Crippen LogP contribution in [0.4, 0.5) is 16.2 Å². The molecule has 0 heterocycles. The van der Waals surface area contributed by atoms with Crippen LogP contribution in [0.1, 0.15) is 12.8 Å². The number of hydrogen-bond donors (Lipinski definition) is 2. The normalized spacial score (nSPS) is 14.2. The number of nitrogens with zero attached hydrogens (tertiary/aromatic N) is 1. The van der Waals surface area contributed by atoms with Crippen LogP contribution in [-0.4, -0.2) is 17.0 Å². The first-order valence-electron chi connectivity index (χ1n) is 4.98. The summed E-state index contributed by atoms with van der Waals surface area (Å²) in [6.45, 7) is 0. The lowest BCUT2D eigenvalue weighted by atomic mass is 10.3. The number of urea groups is 1. The molecule has 2 amide bonds. The van der Waals surface area contributed by atoms with Crippen LogP contribution in [0.5, 0.6) is 0 Å². The molecule has 0 unspecified atom stereocenters. The van der Waals surface area contributed by atoms with Crippen LogP contribution >= 0.6 is 0 Å². The van der Waals surface area contributed by atoms with Gasteiger partial charge < -0.3 is 10.6 Å². The molecule has 1 aromatic carbocycles. The van der Waals surface area contributed by atoms with E-state index in [1.165, 1.54) is 12.1 Å². The highest BCUT2D eigenvalue weighted by molar-refractivity contribution is 5.92. The van der Waals surface area contributed by atoms with E-state index >= 15 is 0 Å². The zero-order chi connectivity index (χ0) is 11.5. The third-order valence-corrected chi connectivity index (χ3v) is 2.26. The summed E-state index contributed by atoms with van der Waals surface area (Å²) >= 11 is 0. The van der Waals surface area contributed by atoms with Crippen LogP contribution in [0, 0.1) is 10.1 Å². The monoisotopic (exact) mass is 221 g/mol. The van der Waals surface area contributed by atoms with E-state index in [2.05, 4.69) is 10.6 Å². The van der Waals surface area contributed by atoms with Gasteiger partial charge in [0.1, 0.15) is 5.69 Å². The molecule has 0 aromatic heterocycles. The van der Waals surface area contributed by atoms with E-state index in [-0.39, 0.29) is 17.4 Å². The van der Waals surface area contributed by atoms with Gasteiger partial charge in [0.05, 0.1) is 4.92 Å². The molecule has 1 aromatic rings. The second kappa shape index (κ2) is 4.18. The Kier molecular flexibility index (Phi) is 2.72. The molecule has 1 saturated carbocycles. The first-order valence-corrected chi connectivity index (χ1v) is 4.98. The average Bonchev–Trinajstić information content (AvgIpc) is 3.02. The van der Waals surface area contributed by atoms with Crippen molar-refractivity contribution in [2.45, 2.75) is 18.9 Å². The van der Waals surface area contributed by atoms with Crippen molar-refractivity contribution in [3.63, 3.8) is 0 Å². The Labute approximate surface area is 91.8 Å². The molecule has 0 spiro atoms. The number of hydrogen-bond acceptors (Lipinski definition) is 3. The minimum atomic E-state index is -0.521. The lowest BCUT2D eigenvalue weighted by molar-refractivity contribution is -0.383. The maximum absolute atomic E-state index is 11.4. The molecular weight excluding hydrogens is 210 g/mol. The molecule has 1 fully saturated rings. The Bertz CT molecular complexity index is 429. The van der Waals surface area contributed by atoms with Crippen molar-refractivity contribution in [3.05, 3.63) is 34.4 Å². The van der Waals surface area contributed by atoms with E-state index in [9.17, 15) is 14.9 Å². The molecule has 1 aliphatic carbocycles. The molecule has 16 heavy (non-hydrogen) atoms. The molecule has 2 rings (SSSR count). The minimum absolute atomic E-state index is 0.103. The van der Waals surface area contributed by atoms with Gasteiger partial charge in [0.25, 0.3) is 5.69 Å². The van der Waals surface area contributed by atoms with Crippen molar-refractivity contribution in [3.8, 4) is 0 Å². The highest BCUT2D eigenvalue weighted by atomic mass is 16.6.